The lowest BCUT2D eigenvalue weighted by atomic mass is 10.0. The zero-order chi connectivity index (χ0) is 16.9. The highest BCUT2D eigenvalue weighted by molar-refractivity contribution is 5.60. The summed E-state index contributed by atoms with van der Waals surface area (Å²) in [5.41, 5.74) is 4.45. The van der Waals surface area contributed by atoms with E-state index in [0.717, 1.165) is 55.2 Å². The van der Waals surface area contributed by atoms with Gasteiger partial charge in [0.15, 0.2) is 0 Å². The molecule has 124 valence electrons. The van der Waals surface area contributed by atoms with Gasteiger partial charge in [-0.1, -0.05) is 6.07 Å². The van der Waals surface area contributed by atoms with E-state index in [9.17, 15) is 5.26 Å². The van der Waals surface area contributed by atoms with Crippen LogP contribution in [0.4, 0.5) is 5.69 Å². The van der Waals surface area contributed by atoms with Gasteiger partial charge in [-0.3, -0.25) is 14.9 Å². The van der Waals surface area contributed by atoms with Gasteiger partial charge in [0.25, 0.3) is 0 Å². The maximum Gasteiger partial charge on any atom is 0.103 e. The van der Waals surface area contributed by atoms with E-state index in [4.69, 9.17) is 0 Å². The van der Waals surface area contributed by atoms with Gasteiger partial charge in [0.05, 0.1) is 22.6 Å². The Morgan fingerprint density at radius 3 is 2.75 bits per heavy atom. The molecule has 0 aliphatic carbocycles. The number of aryl methyl sites for hydroxylation is 2. The van der Waals surface area contributed by atoms with Crippen LogP contribution in [0.5, 0.6) is 0 Å². The van der Waals surface area contributed by atoms with E-state index in [1.165, 1.54) is 0 Å². The Hall–Kier alpha value is -2.45. The molecule has 0 aromatic carbocycles. The van der Waals surface area contributed by atoms with Gasteiger partial charge in [-0.2, -0.15) is 5.26 Å². The second-order valence-electron chi connectivity index (χ2n) is 6.40. The molecule has 5 heteroatoms. The number of hydrogen-bond donors (Lipinski definition) is 1. The average Bonchev–Trinajstić information content (AvgIpc) is 2.57. The zero-order valence-electron chi connectivity index (χ0n) is 14.3. The number of nitrogens with one attached hydrogen (secondary N) is 1. The van der Waals surface area contributed by atoms with Gasteiger partial charge in [-0.05, 0) is 44.9 Å². The summed E-state index contributed by atoms with van der Waals surface area (Å²) < 4.78 is 0. The summed E-state index contributed by atoms with van der Waals surface area (Å²) >= 11 is 0. The highest BCUT2D eigenvalue weighted by Crippen LogP contribution is 2.23. The van der Waals surface area contributed by atoms with Crippen LogP contribution < -0.4 is 5.32 Å². The summed E-state index contributed by atoms with van der Waals surface area (Å²) in [6, 6.07) is 10.7. The normalized spacial score (nSPS) is 15.9. The first-order valence-electron chi connectivity index (χ1n) is 8.43. The molecule has 0 spiro atoms. The van der Waals surface area contributed by atoms with Crippen molar-refractivity contribution in [3.63, 3.8) is 0 Å². The van der Waals surface area contributed by atoms with Gasteiger partial charge in [0.1, 0.15) is 6.07 Å². The number of likely N-dealkylation sites (tertiary alicyclic amines) is 1. The van der Waals surface area contributed by atoms with E-state index >= 15 is 0 Å². The topological polar surface area (TPSA) is 64.8 Å². The molecule has 1 aliphatic heterocycles. The first-order chi connectivity index (χ1) is 11.7. The van der Waals surface area contributed by atoms with Gasteiger partial charge in [0, 0.05) is 37.6 Å². The summed E-state index contributed by atoms with van der Waals surface area (Å²) in [5.74, 6) is 0. The monoisotopic (exact) mass is 321 g/mol. The minimum absolute atomic E-state index is 0.401. The Balaban J connectivity index is 1.59. The predicted octanol–water partition coefficient (Wildman–Crippen LogP) is 3.04. The number of nitriles is 1. The molecular formula is C19H23N5. The molecule has 2 aromatic rings. The maximum absolute atomic E-state index is 9.38. The molecule has 0 unspecified atom stereocenters. The highest BCUT2D eigenvalue weighted by atomic mass is 15.1. The minimum Gasteiger partial charge on any atom is -0.381 e. The fraction of sp³-hybridized carbons (Fsp3) is 0.421. The molecule has 0 saturated carbocycles. The third kappa shape index (κ3) is 3.90. The molecule has 0 atom stereocenters. The van der Waals surface area contributed by atoms with E-state index in [0.29, 0.717) is 11.6 Å². The standard InChI is InChI=1S/C19H23N5/c1-14-11-19(18(12-20)15(2)22-14)23-16-6-9-24(10-7-16)13-17-5-3-4-8-21-17/h3-5,8,11,16H,6-7,9-10,13H2,1-2H3,(H,22,23). The van der Waals surface area contributed by atoms with Crippen LogP contribution in [0, 0.1) is 25.2 Å². The lowest BCUT2D eigenvalue weighted by Crippen LogP contribution is -2.39. The van der Waals surface area contributed by atoms with Crippen molar-refractivity contribution in [2.24, 2.45) is 0 Å². The number of piperidine rings is 1. The minimum atomic E-state index is 0.401. The molecule has 1 N–H and O–H groups in total. The van der Waals surface area contributed by atoms with Crippen molar-refractivity contribution >= 4 is 5.69 Å². The fourth-order valence-corrected chi connectivity index (χ4v) is 3.26. The molecule has 2 aromatic heterocycles. The van der Waals surface area contributed by atoms with E-state index in [-0.39, 0.29) is 0 Å². The highest BCUT2D eigenvalue weighted by Gasteiger charge is 2.20. The summed E-state index contributed by atoms with van der Waals surface area (Å²) in [7, 11) is 0. The summed E-state index contributed by atoms with van der Waals surface area (Å²) in [6.45, 7) is 6.85. The first-order valence-corrected chi connectivity index (χ1v) is 8.43. The first kappa shape index (κ1) is 16.4. The molecule has 0 radical (unpaired) electrons. The van der Waals surface area contributed by atoms with Crippen molar-refractivity contribution in [3.05, 3.63) is 53.1 Å². The molecule has 3 rings (SSSR count). The van der Waals surface area contributed by atoms with Gasteiger partial charge in [0.2, 0.25) is 0 Å². The quantitative estimate of drug-likeness (QED) is 0.937. The van der Waals surface area contributed by atoms with Crippen molar-refractivity contribution in [2.45, 2.75) is 39.3 Å². The largest absolute Gasteiger partial charge is 0.381 e. The van der Waals surface area contributed by atoms with Crippen molar-refractivity contribution in [3.8, 4) is 6.07 Å². The molecular weight excluding hydrogens is 298 g/mol. The Labute approximate surface area is 143 Å². The van der Waals surface area contributed by atoms with Crippen molar-refractivity contribution < 1.29 is 0 Å². The van der Waals surface area contributed by atoms with Crippen LogP contribution in [0.2, 0.25) is 0 Å². The molecule has 3 heterocycles. The number of hydrogen-bond acceptors (Lipinski definition) is 5. The molecule has 0 amide bonds. The maximum atomic E-state index is 9.38. The Morgan fingerprint density at radius 1 is 1.29 bits per heavy atom. The van der Waals surface area contributed by atoms with Crippen LogP contribution in [0.1, 0.15) is 35.5 Å². The molecule has 0 bridgehead atoms. The van der Waals surface area contributed by atoms with Crippen LogP contribution >= 0.6 is 0 Å². The van der Waals surface area contributed by atoms with E-state index in [1.807, 2.05) is 38.2 Å². The van der Waals surface area contributed by atoms with E-state index < -0.39 is 0 Å². The summed E-state index contributed by atoms with van der Waals surface area (Å²) in [5, 5.41) is 12.9. The van der Waals surface area contributed by atoms with Gasteiger partial charge in [-0.25, -0.2) is 0 Å². The third-order valence-corrected chi connectivity index (χ3v) is 4.50. The molecule has 1 saturated heterocycles. The number of anilines is 1. The zero-order valence-corrected chi connectivity index (χ0v) is 14.3. The number of nitrogens with zero attached hydrogens (tertiary/aromatic N) is 4. The van der Waals surface area contributed by atoms with Gasteiger partial charge >= 0.3 is 0 Å². The second kappa shape index (κ2) is 7.41. The second-order valence-corrected chi connectivity index (χ2v) is 6.40. The Kier molecular flexibility index (Phi) is 5.07. The molecule has 1 fully saturated rings. The van der Waals surface area contributed by atoms with Crippen LogP contribution in [0.3, 0.4) is 0 Å². The average molecular weight is 321 g/mol. The van der Waals surface area contributed by atoms with Crippen LogP contribution in [0.25, 0.3) is 0 Å². The van der Waals surface area contributed by atoms with Crippen LogP contribution in [-0.2, 0) is 6.54 Å². The molecule has 5 nitrogen and oxygen atoms in total. The number of aromatic nitrogens is 2. The lowest BCUT2D eigenvalue weighted by molar-refractivity contribution is 0.209. The number of pyridine rings is 2. The van der Waals surface area contributed by atoms with Gasteiger partial charge < -0.3 is 5.32 Å². The van der Waals surface area contributed by atoms with Crippen LogP contribution in [-0.4, -0.2) is 34.0 Å². The van der Waals surface area contributed by atoms with Crippen molar-refractivity contribution in [2.75, 3.05) is 18.4 Å². The third-order valence-electron chi connectivity index (χ3n) is 4.50. The molecule has 1 aliphatic rings. The van der Waals surface area contributed by atoms with Crippen molar-refractivity contribution in [1.82, 2.24) is 14.9 Å². The lowest BCUT2D eigenvalue weighted by Gasteiger charge is -2.32. The summed E-state index contributed by atoms with van der Waals surface area (Å²) in [4.78, 5) is 11.2. The number of rotatable bonds is 4. The Bertz CT molecular complexity index is 727. The molecule has 24 heavy (non-hydrogen) atoms. The van der Waals surface area contributed by atoms with Crippen LogP contribution in [0.15, 0.2) is 30.5 Å². The smallest absolute Gasteiger partial charge is 0.103 e. The van der Waals surface area contributed by atoms with E-state index in [2.05, 4.69) is 32.3 Å². The fourth-order valence-electron chi connectivity index (χ4n) is 3.26. The van der Waals surface area contributed by atoms with Gasteiger partial charge in [-0.15, -0.1) is 0 Å². The Morgan fingerprint density at radius 2 is 2.08 bits per heavy atom. The SMILES string of the molecule is Cc1cc(NC2CCN(Cc3ccccn3)CC2)c(C#N)c(C)n1. The summed E-state index contributed by atoms with van der Waals surface area (Å²) in [6.07, 6.45) is 3.98. The van der Waals surface area contributed by atoms with E-state index in [1.54, 1.807) is 0 Å². The van der Waals surface area contributed by atoms with Crippen molar-refractivity contribution in [1.29, 1.82) is 5.26 Å². The predicted molar refractivity (Wildman–Crippen MR) is 94.6 cm³/mol.